The molecule has 0 saturated heterocycles. The molecule has 0 spiro atoms. The molecule has 0 atom stereocenters. The summed E-state index contributed by atoms with van der Waals surface area (Å²) in [4.78, 5) is 12.1. The maximum Gasteiger partial charge on any atom is 0.225 e. The van der Waals surface area contributed by atoms with E-state index in [1.165, 1.54) is 29.6 Å². The van der Waals surface area contributed by atoms with Gasteiger partial charge in [-0.15, -0.1) is 0 Å². The number of nitrogens with one attached hydrogen (secondary N) is 1. The number of carbonyl (C=O) groups is 1. The van der Waals surface area contributed by atoms with E-state index in [9.17, 15) is 17.6 Å². The highest BCUT2D eigenvalue weighted by Crippen LogP contribution is 2.20. The van der Waals surface area contributed by atoms with Crippen LogP contribution in [0.5, 0.6) is 5.75 Å². The van der Waals surface area contributed by atoms with Gasteiger partial charge in [0.25, 0.3) is 0 Å². The van der Waals surface area contributed by atoms with E-state index in [0.29, 0.717) is 17.0 Å². The van der Waals surface area contributed by atoms with E-state index in [-0.39, 0.29) is 19.5 Å². The van der Waals surface area contributed by atoms with Crippen LogP contribution in [0.4, 0.5) is 10.1 Å². The molecule has 0 radical (unpaired) electrons. The number of carbonyl (C=O) groups excluding carboxylic acids is 1. The van der Waals surface area contributed by atoms with E-state index in [0.717, 1.165) is 6.26 Å². The Hall–Kier alpha value is -2.45. The Morgan fingerprint density at radius 3 is 2.58 bits per heavy atom. The molecule has 1 amide bonds. The van der Waals surface area contributed by atoms with Crippen LogP contribution in [-0.4, -0.2) is 38.5 Å². The summed E-state index contributed by atoms with van der Waals surface area (Å²) in [7, 11) is -2.02. The quantitative estimate of drug-likeness (QED) is 0.764. The summed E-state index contributed by atoms with van der Waals surface area (Å²) in [5.41, 5.74) is 1.02. The lowest BCUT2D eigenvalue weighted by Gasteiger charge is -2.21. The van der Waals surface area contributed by atoms with Crippen LogP contribution in [0.1, 0.15) is 12.0 Å². The number of nitrogens with zero attached hydrogens (tertiary/aromatic N) is 1. The summed E-state index contributed by atoms with van der Waals surface area (Å²) in [6.45, 7) is 0.0914. The number of hydrogen-bond acceptors (Lipinski definition) is 4. The number of anilines is 1. The molecule has 0 fully saturated rings. The summed E-state index contributed by atoms with van der Waals surface area (Å²) < 4.78 is 43.7. The second-order valence-corrected chi connectivity index (χ2v) is 7.70. The minimum atomic E-state index is -3.53. The lowest BCUT2D eigenvalue weighted by atomic mass is 10.2. The van der Waals surface area contributed by atoms with Gasteiger partial charge >= 0.3 is 0 Å². The molecule has 26 heavy (non-hydrogen) atoms. The Balaban J connectivity index is 2.03. The van der Waals surface area contributed by atoms with Gasteiger partial charge < -0.3 is 10.1 Å². The molecular formula is C18H21FN2O4S. The maximum atomic E-state index is 13.2. The van der Waals surface area contributed by atoms with Gasteiger partial charge in [0.05, 0.1) is 13.4 Å². The molecule has 0 aliphatic heterocycles. The zero-order chi connectivity index (χ0) is 19.2. The minimum absolute atomic E-state index is 0.00195. The van der Waals surface area contributed by atoms with Gasteiger partial charge in [-0.1, -0.05) is 24.3 Å². The number of sulfonamides is 1. The molecule has 0 aliphatic carbocycles. The summed E-state index contributed by atoms with van der Waals surface area (Å²) in [5.74, 6) is -0.286. The Bertz CT molecular complexity index is 871. The van der Waals surface area contributed by atoms with Crippen molar-refractivity contribution >= 4 is 21.6 Å². The van der Waals surface area contributed by atoms with Gasteiger partial charge in [0.2, 0.25) is 15.9 Å². The van der Waals surface area contributed by atoms with Gasteiger partial charge in [0.1, 0.15) is 11.6 Å². The summed E-state index contributed by atoms with van der Waals surface area (Å²) >= 11 is 0. The Kier molecular flexibility index (Phi) is 6.70. The van der Waals surface area contributed by atoms with E-state index in [1.807, 2.05) is 0 Å². The van der Waals surface area contributed by atoms with Crippen LogP contribution >= 0.6 is 0 Å². The monoisotopic (exact) mass is 380 g/mol. The van der Waals surface area contributed by atoms with Gasteiger partial charge in [-0.3, -0.25) is 4.79 Å². The fourth-order valence-corrected chi connectivity index (χ4v) is 3.20. The van der Waals surface area contributed by atoms with Gasteiger partial charge in [0.15, 0.2) is 0 Å². The first-order valence-electron chi connectivity index (χ1n) is 7.92. The standard InChI is InChI=1S/C18H21FN2O4S/c1-25-17-9-4-3-6-14(17)13-21(26(2,23)24)11-10-18(22)20-16-8-5-7-15(19)12-16/h3-9,12H,10-11,13H2,1-2H3,(H,20,22). The predicted molar refractivity (Wildman–Crippen MR) is 97.9 cm³/mol. The maximum absolute atomic E-state index is 13.2. The number of amides is 1. The van der Waals surface area contributed by atoms with Crippen LogP contribution in [0.25, 0.3) is 0 Å². The fourth-order valence-electron chi connectivity index (χ4n) is 2.40. The Morgan fingerprint density at radius 1 is 1.19 bits per heavy atom. The van der Waals surface area contributed by atoms with Crippen molar-refractivity contribution in [3.63, 3.8) is 0 Å². The largest absolute Gasteiger partial charge is 0.496 e. The number of benzene rings is 2. The zero-order valence-corrected chi connectivity index (χ0v) is 15.4. The topological polar surface area (TPSA) is 75.7 Å². The number of para-hydroxylation sites is 1. The van der Waals surface area contributed by atoms with Gasteiger partial charge in [-0.05, 0) is 24.3 Å². The van der Waals surface area contributed by atoms with Gasteiger partial charge in [0, 0.05) is 30.8 Å². The number of ether oxygens (including phenoxy) is 1. The average molecular weight is 380 g/mol. The molecule has 0 bridgehead atoms. The number of hydrogen-bond donors (Lipinski definition) is 1. The minimum Gasteiger partial charge on any atom is -0.496 e. The van der Waals surface area contributed by atoms with Crippen molar-refractivity contribution in [2.45, 2.75) is 13.0 Å². The van der Waals surface area contributed by atoms with Crippen molar-refractivity contribution in [3.8, 4) is 5.75 Å². The highest BCUT2D eigenvalue weighted by Gasteiger charge is 2.20. The van der Waals surface area contributed by atoms with Crippen LogP contribution in [0.2, 0.25) is 0 Å². The van der Waals surface area contributed by atoms with Crippen LogP contribution in [0.15, 0.2) is 48.5 Å². The van der Waals surface area contributed by atoms with Gasteiger partial charge in [-0.2, -0.15) is 4.31 Å². The second-order valence-electron chi connectivity index (χ2n) is 5.72. The first kappa shape index (κ1) is 19.9. The molecule has 0 aromatic heterocycles. The molecule has 0 unspecified atom stereocenters. The summed E-state index contributed by atoms with van der Waals surface area (Å²) in [6, 6.07) is 12.6. The number of halogens is 1. The van der Waals surface area contributed by atoms with Crippen molar-refractivity contribution in [3.05, 3.63) is 59.9 Å². The lowest BCUT2D eigenvalue weighted by molar-refractivity contribution is -0.116. The lowest BCUT2D eigenvalue weighted by Crippen LogP contribution is -2.32. The number of rotatable bonds is 8. The third-order valence-electron chi connectivity index (χ3n) is 3.70. The molecule has 8 heteroatoms. The van der Waals surface area contributed by atoms with Crippen LogP contribution in [0.3, 0.4) is 0 Å². The summed E-state index contributed by atoms with van der Waals surface area (Å²) in [5, 5.41) is 2.55. The average Bonchev–Trinajstić information content (AvgIpc) is 2.58. The highest BCUT2D eigenvalue weighted by molar-refractivity contribution is 7.88. The first-order valence-corrected chi connectivity index (χ1v) is 9.77. The van der Waals surface area contributed by atoms with Crippen molar-refractivity contribution in [1.82, 2.24) is 4.31 Å². The van der Waals surface area contributed by atoms with Crippen LogP contribution < -0.4 is 10.1 Å². The molecule has 0 aliphatic rings. The molecule has 2 rings (SSSR count). The zero-order valence-electron chi connectivity index (χ0n) is 14.6. The van der Waals surface area contributed by atoms with E-state index < -0.39 is 21.7 Å². The number of methoxy groups -OCH3 is 1. The smallest absolute Gasteiger partial charge is 0.225 e. The highest BCUT2D eigenvalue weighted by atomic mass is 32.2. The molecule has 6 nitrogen and oxygen atoms in total. The molecule has 0 saturated carbocycles. The van der Waals surface area contributed by atoms with E-state index in [2.05, 4.69) is 5.32 Å². The molecule has 0 heterocycles. The third kappa shape index (κ3) is 5.82. The SMILES string of the molecule is COc1ccccc1CN(CCC(=O)Nc1cccc(F)c1)S(C)(=O)=O. The Labute approximate surface area is 152 Å². The molecule has 1 N–H and O–H groups in total. The van der Waals surface area contributed by atoms with Crippen molar-refractivity contribution in [1.29, 1.82) is 0 Å². The molecule has 2 aromatic rings. The second kappa shape index (κ2) is 8.77. The predicted octanol–water partition coefficient (Wildman–Crippen LogP) is 2.62. The molecule has 140 valence electrons. The van der Waals surface area contributed by atoms with Crippen molar-refractivity contribution in [2.75, 3.05) is 25.2 Å². The van der Waals surface area contributed by atoms with E-state index in [1.54, 1.807) is 30.3 Å². The first-order chi connectivity index (χ1) is 12.3. The summed E-state index contributed by atoms with van der Waals surface area (Å²) in [6.07, 6.45) is 1.03. The normalized spacial score (nSPS) is 11.4. The third-order valence-corrected chi connectivity index (χ3v) is 4.95. The fraction of sp³-hybridized carbons (Fsp3) is 0.278. The Morgan fingerprint density at radius 2 is 1.92 bits per heavy atom. The van der Waals surface area contributed by atoms with E-state index >= 15 is 0 Å². The van der Waals surface area contributed by atoms with Crippen LogP contribution in [-0.2, 0) is 21.4 Å². The van der Waals surface area contributed by atoms with Crippen molar-refractivity contribution < 1.29 is 22.3 Å². The van der Waals surface area contributed by atoms with Crippen LogP contribution in [0, 0.1) is 5.82 Å². The molecular weight excluding hydrogens is 359 g/mol. The molecule has 2 aromatic carbocycles. The van der Waals surface area contributed by atoms with Gasteiger partial charge in [-0.25, -0.2) is 12.8 Å². The van der Waals surface area contributed by atoms with Crippen molar-refractivity contribution in [2.24, 2.45) is 0 Å². The van der Waals surface area contributed by atoms with E-state index in [4.69, 9.17) is 4.74 Å².